The predicted molar refractivity (Wildman–Crippen MR) is 88.8 cm³/mol. The van der Waals surface area contributed by atoms with E-state index in [1.54, 1.807) is 24.9 Å². The second-order valence-corrected chi connectivity index (χ2v) is 6.05. The molecule has 0 saturated carbocycles. The Balaban J connectivity index is 2.07. The topological polar surface area (TPSA) is 64.9 Å². The molecule has 1 amide bonds. The zero-order valence-corrected chi connectivity index (χ0v) is 12.9. The maximum Gasteiger partial charge on any atom is 0.242 e. The molecule has 3 rings (SSSR count). The average molecular weight is 309 g/mol. The molecule has 0 unspecified atom stereocenters. The summed E-state index contributed by atoms with van der Waals surface area (Å²) in [4.78, 5) is 13.2. The fraction of sp³-hybridized carbons (Fsp3) is 0.176. The number of amides is 1. The Morgan fingerprint density at radius 3 is 2.91 bits per heavy atom. The van der Waals surface area contributed by atoms with Gasteiger partial charge in [-0.2, -0.15) is 5.26 Å². The van der Waals surface area contributed by atoms with Gasteiger partial charge in [-0.15, -0.1) is 11.8 Å². The van der Waals surface area contributed by atoms with Crippen molar-refractivity contribution in [3.63, 3.8) is 0 Å². The van der Waals surface area contributed by atoms with Gasteiger partial charge in [0.15, 0.2) is 0 Å². The minimum atomic E-state index is -0.212. The van der Waals surface area contributed by atoms with Crippen LogP contribution < -0.4 is 10.6 Å². The van der Waals surface area contributed by atoms with Crippen LogP contribution in [0.2, 0.25) is 0 Å². The zero-order chi connectivity index (χ0) is 15.5. The molecular formula is C17H15N3OS. The Hall–Kier alpha value is -2.29. The lowest BCUT2D eigenvalue weighted by Crippen LogP contribution is -2.39. The van der Waals surface area contributed by atoms with E-state index in [-0.39, 0.29) is 11.9 Å². The van der Waals surface area contributed by atoms with E-state index in [9.17, 15) is 4.79 Å². The molecule has 22 heavy (non-hydrogen) atoms. The molecule has 1 atom stereocenters. The number of nitrogens with one attached hydrogen (secondary N) is 2. The van der Waals surface area contributed by atoms with Gasteiger partial charge in [-0.25, -0.2) is 0 Å². The first-order valence-corrected chi connectivity index (χ1v) is 7.96. The van der Waals surface area contributed by atoms with Crippen molar-refractivity contribution in [2.45, 2.75) is 10.9 Å². The van der Waals surface area contributed by atoms with Crippen molar-refractivity contribution in [3.05, 3.63) is 48.0 Å². The van der Waals surface area contributed by atoms with E-state index in [4.69, 9.17) is 5.26 Å². The first-order chi connectivity index (χ1) is 10.7. The SMILES string of the molecule is CN[C@H]1CSc2c(cccc2-c2cccc(C#N)c2)NC1=O. The van der Waals surface area contributed by atoms with Crippen molar-refractivity contribution in [1.29, 1.82) is 5.26 Å². The predicted octanol–water partition coefficient (Wildman–Crippen LogP) is 2.86. The number of rotatable bonds is 2. The molecule has 0 spiro atoms. The number of anilines is 1. The number of nitrogens with zero attached hydrogens (tertiary/aromatic N) is 1. The van der Waals surface area contributed by atoms with Crippen LogP contribution in [0.25, 0.3) is 11.1 Å². The average Bonchev–Trinajstić information content (AvgIpc) is 2.72. The van der Waals surface area contributed by atoms with Crippen molar-refractivity contribution in [1.82, 2.24) is 5.32 Å². The monoisotopic (exact) mass is 309 g/mol. The van der Waals surface area contributed by atoms with Crippen LogP contribution in [0.15, 0.2) is 47.4 Å². The Bertz CT molecular complexity index is 767. The zero-order valence-electron chi connectivity index (χ0n) is 12.1. The summed E-state index contributed by atoms with van der Waals surface area (Å²) in [5.74, 6) is 0.654. The van der Waals surface area contributed by atoms with Crippen molar-refractivity contribution in [2.75, 3.05) is 18.1 Å². The van der Waals surface area contributed by atoms with E-state index in [1.165, 1.54) is 0 Å². The van der Waals surface area contributed by atoms with E-state index in [0.29, 0.717) is 11.3 Å². The van der Waals surface area contributed by atoms with Gasteiger partial charge in [0.25, 0.3) is 0 Å². The van der Waals surface area contributed by atoms with Gasteiger partial charge in [0.05, 0.1) is 23.4 Å². The summed E-state index contributed by atoms with van der Waals surface area (Å²) in [7, 11) is 1.79. The summed E-state index contributed by atoms with van der Waals surface area (Å²) in [6.07, 6.45) is 0. The van der Waals surface area contributed by atoms with Crippen molar-refractivity contribution in [2.24, 2.45) is 0 Å². The van der Waals surface area contributed by atoms with Gasteiger partial charge < -0.3 is 10.6 Å². The van der Waals surface area contributed by atoms with Crippen LogP contribution in [0.3, 0.4) is 0 Å². The molecule has 5 heteroatoms. The molecule has 1 aliphatic heterocycles. The summed E-state index contributed by atoms with van der Waals surface area (Å²) in [6.45, 7) is 0. The molecule has 0 bridgehead atoms. The Morgan fingerprint density at radius 1 is 1.32 bits per heavy atom. The molecule has 2 aromatic carbocycles. The number of benzene rings is 2. The Labute approximate surface area is 133 Å². The van der Waals surface area contributed by atoms with Crippen molar-refractivity contribution >= 4 is 23.4 Å². The minimum Gasteiger partial charge on any atom is -0.324 e. The smallest absolute Gasteiger partial charge is 0.242 e. The molecule has 0 fully saturated rings. The van der Waals surface area contributed by atoms with Gasteiger partial charge in [-0.05, 0) is 36.4 Å². The highest BCUT2D eigenvalue weighted by Crippen LogP contribution is 2.39. The van der Waals surface area contributed by atoms with Crippen LogP contribution in [0.5, 0.6) is 0 Å². The summed E-state index contributed by atoms with van der Waals surface area (Å²) < 4.78 is 0. The lowest BCUT2D eigenvalue weighted by atomic mass is 10.0. The number of fused-ring (bicyclic) bond motifs is 1. The summed E-state index contributed by atoms with van der Waals surface area (Å²) in [5.41, 5.74) is 3.48. The molecule has 0 saturated heterocycles. The van der Waals surface area contributed by atoms with Gasteiger partial charge in [-0.1, -0.05) is 24.3 Å². The maximum atomic E-state index is 12.1. The van der Waals surface area contributed by atoms with Crippen LogP contribution in [0.4, 0.5) is 5.69 Å². The normalized spacial score (nSPS) is 17.1. The first-order valence-electron chi connectivity index (χ1n) is 6.97. The third-order valence-electron chi connectivity index (χ3n) is 3.63. The molecule has 2 N–H and O–H groups in total. The third kappa shape index (κ3) is 2.71. The second kappa shape index (κ2) is 6.22. The molecular weight excluding hydrogens is 294 g/mol. The molecule has 1 aliphatic rings. The summed E-state index contributed by atoms with van der Waals surface area (Å²) in [5, 5.41) is 15.1. The van der Waals surface area contributed by atoms with E-state index < -0.39 is 0 Å². The van der Waals surface area contributed by atoms with Crippen LogP contribution in [0, 0.1) is 11.3 Å². The van der Waals surface area contributed by atoms with E-state index in [0.717, 1.165) is 21.7 Å². The van der Waals surface area contributed by atoms with Gasteiger partial charge in [0.2, 0.25) is 5.91 Å². The van der Waals surface area contributed by atoms with E-state index in [1.807, 2.05) is 36.4 Å². The number of thioether (sulfide) groups is 1. The number of carbonyl (C=O) groups is 1. The Morgan fingerprint density at radius 2 is 2.14 bits per heavy atom. The van der Waals surface area contributed by atoms with Crippen molar-refractivity contribution < 1.29 is 4.79 Å². The number of likely N-dealkylation sites (N-methyl/N-ethyl adjacent to an activating group) is 1. The fourth-order valence-corrected chi connectivity index (χ4v) is 3.72. The van der Waals surface area contributed by atoms with Gasteiger partial charge in [-0.3, -0.25) is 4.79 Å². The van der Waals surface area contributed by atoms with Crippen LogP contribution in [0.1, 0.15) is 5.56 Å². The van der Waals surface area contributed by atoms with E-state index >= 15 is 0 Å². The fourth-order valence-electron chi connectivity index (χ4n) is 2.45. The molecule has 1 heterocycles. The molecule has 0 radical (unpaired) electrons. The quantitative estimate of drug-likeness (QED) is 0.895. The van der Waals surface area contributed by atoms with Crippen molar-refractivity contribution in [3.8, 4) is 17.2 Å². The minimum absolute atomic E-state index is 0.0170. The standard InChI is InChI=1S/C17H15N3OS/c1-19-15-10-22-16-13(6-3-7-14(16)20-17(15)21)12-5-2-4-11(8-12)9-18/h2-8,15,19H,10H2,1H3,(H,20,21)/t15-/m0/s1. The number of nitriles is 1. The van der Waals surface area contributed by atoms with Gasteiger partial charge in [0.1, 0.15) is 0 Å². The van der Waals surface area contributed by atoms with Crippen LogP contribution in [-0.4, -0.2) is 24.7 Å². The van der Waals surface area contributed by atoms with Gasteiger partial charge in [0, 0.05) is 10.6 Å². The summed E-state index contributed by atoms with van der Waals surface area (Å²) >= 11 is 1.65. The largest absolute Gasteiger partial charge is 0.324 e. The lowest BCUT2D eigenvalue weighted by molar-refractivity contribution is -0.117. The molecule has 0 aromatic heterocycles. The lowest BCUT2D eigenvalue weighted by Gasteiger charge is -2.12. The highest BCUT2D eigenvalue weighted by Gasteiger charge is 2.24. The number of carbonyl (C=O) groups excluding carboxylic acids is 1. The third-order valence-corrected chi connectivity index (χ3v) is 4.86. The maximum absolute atomic E-state index is 12.1. The highest BCUT2D eigenvalue weighted by molar-refractivity contribution is 7.99. The number of hydrogen-bond acceptors (Lipinski definition) is 4. The highest BCUT2D eigenvalue weighted by atomic mass is 32.2. The first kappa shape index (κ1) is 14.6. The van der Waals surface area contributed by atoms with E-state index in [2.05, 4.69) is 16.7 Å². The molecule has 4 nitrogen and oxygen atoms in total. The molecule has 110 valence electrons. The van der Waals surface area contributed by atoms with Gasteiger partial charge >= 0.3 is 0 Å². The van der Waals surface area contributed by atoms with Crippen LogP contribution >= 0.6 is 11.8 Å². The molecule has 0 aliphatic carbocycles. The molecule has 2 aromatic rings. The van der Waals surface area contributed by atoms with Crippen LogP contribution in [-0.2, 0) is 4.79 Å². The Kier molecular flexibility index (Phi) is 4.14. The number of hydrogen-bond donors (Lipinski definition) is 2. The second-order valence-electron chi connectivity index (χ2n) is 5.02. The summed E-state index contributed by atoms with van der Waals surface area (Å²) in [6, 6.07) is 15.3.